The number of nitrogens with two attached hydrogens (primary N) is 1. The molecule has 0 radical (unpaired) electrons. The van der Waals surface area contributed by atoms with Crippen LogP contribution in [0.1, 0.15) is 11.1 Å². The normalized spacial score (nSPS) is 22.2. The third kappa shape index (κ3) is 4.33. The van der Waals surface area contributed by atoms with Crippen molar-refractivity contribution in [2.24, 2.45) is 5.73 Å². The topological polar surface area (TPSA) is 26.0 Å². The minimum absolute atomic E-state index is 0.00883. The van der Waals surface area contributed by atoms with Gasteiger partial charge in [0, 0.05) is 28.6 Å². The van der Waals surface area contributed by atoms with E-state index in [0.29, 0.717) is 11.7 Å². The Kier molecular flexibility index (Phi) is 5.09. The first-order valence-electron chi connectivity index (χ1n) is 6.08. The van der Waals surface area contributed by atoms with E-state index in [0.717, 1.165) is 35.0 Å². The summed E-state index contributed by atoms with van der Waals surface area (Å²) in [4.78, 5) is 0. The molecule has 1 aromatic carbocycles. The van der Waals surface area contributed by atoms with E-state index in [1.807, 2.05) is 23.5 Å². The predicted molar refractivity (Wildman–Crippen MR) is 76.7 cm³/mol. The molecule has 2 atom stereocenters. The Morgan fingerprint density at radius 2 is 1.89 bits per heavy atom. The summed E-state index contributed by atoms with van der Waals surface area (Å²) in [6, 6.07) is 5.33. The lowest BCUT2D eigenvalue weighted by Gasteiger charge is -2.26. The van der Waals surface area contributed by atoms with Gasteiger partial charge in [-0.3, -0.25) is 0 Å². The summed E-state index contributed by atoms with van der Waals surface area (Å²) in [6.07, 6.45) is -3.63. The van der Waals surface area contributed by atoms with E-state index in [9.17, 15) is 13.2 Å². The molecule has 1 aliphatic rings. The molecule has 6 heteroatoms. The van der Waals surface area contributed by atoms with Crippen LogP contribution in [-0.2, 0) is 12.6 Å². The van der Waals surface area contributed by atoms with Crippen LogP contribution in [0.4, 0.5) is 13.2 Å². The second-order valence-corrected chi connectivity index (χ2v) is 7.04. The van der Waals surface area contributed by atoms with Gasteiger partial charge in [0.05, 0.1) is 5.56 Å². The maximum atomic E-state index is 12.4. The van der Waals surface area contributed by atoms with Gasteiger partial charge in [-0.2, -0.15) is 36.7 Å². The lowest BCUT2D eigenvalue weighted by atomic mass is 10.0. The molecule has 0 amide bonds. The first-order valence-corrected chi connectivity index (χ1v) is 8.28. The molecule has 1 nitrogen and oxygen atoms in total. The van der Waals surface area contributed by atoms with Crippen molar-refractivity contribution < 1.29 is 13.2 Å². The second-order valence-electron chi connectivity index (χ2n) is 4.55. The highest BCUT2D eigenvalue weighted by Gasteiger charge is 2.30. The standard InChI is InChI=1S/C13H16F3NS2/c14-13(15,16)10-3-1-9(2-4-10)7-11(17)12-8-18-5-6-19-12/h1-4,11-12H,5-8,17H2. The summed E-state index contributed by atoms with van der Waals surface area (Å²) in [7, 11) is 0. The molecule has 19 heavy (non-hydrogen) atoms. The molecule has 2 N–H and O–H groups in total. The average molecular weight is 307 g/mol. The minimum Gasteiger partial charge on any atom is -0.326 e. The average Bonchev–Trinajstić information content (AvgIpc) is 2.39. The summed E-state index contributed by atoms with van der Waals surface area (Å²) < 4.78 is 37.3. The molecule has 0 aromatic heterocycles. The third-order valence-corrected chi connectivity index (χ3v) is 6.01. The van der Waals surface area contributed by atoms with Gasteiger partial charge in [0.25, 0.3) is 0 Å². The highest BCUT2D eigenvalue weighted by Crippen LogP contribution is 2.30. The molecule has 1 aliphatic heterocycles. The summed E-state index contributed by atoms with van der Waals surface area (Å²) >= 11 is 3.77. The molecule has 0 spiro atoms. The van der Waals surface area contributed by atoms with Crippen molar-refractivity contribution in [3.8, 4) is 0 Å². The summed E-state index contributed by atoms with van der Waals surface area (Å²) in [5.74, 6) is 3.30. The molecule has 2 rings (SSSR count). The van der Waals surface area contributed by atoms with Crippen molar-refractivity contribution in [1.82, 2.24) is 0 Å². The number of hydrogen-bond acceptors (Lipinski definition) is 3. The van der Waals surface area contributed by atoms with Crippen molar-refractivity contribution in [2.75, 3.05) is 17.3 Å². The zero-order valence-corrected chi connectivity index (χ0v) is 12.0. The largest absolute Gasteiger partial charge is 0.416 e. The maximum Gasteiger partial charge on any atom is 0.416 e. The lowest BCUT2D eigenvalue weighted by Crippen LogP contribution is -2.38. The number of halogens is 3. The minimum atomic E-state index is -4.27. The third-order valence-electron chi connectivity index (χ3n) is 3.07. The number of hydrogen-bond donors (Lipinski definition) is 1. The van der Waals surface area contributed by atoms with Crippen LogP contribution in [0.5, 0.6) is 0 Å². The van der Waals surface area contributed by atoms with Gasteiger partial charge < -0.3 is 5.73 Å². The fourth-order valence-electron chi connectivity index (χ4n) is 1.99. The van der Waals surface area contributed by atoms with Gasteiger partial charge in [-0.25, -0.2) is 0 Å². The summed E-state index contributed by atoms with van der Waals surface area (Å²) in [5.41, 5.74) is 6.42. The van der Waals surface area contributed by atoms with E-state index < -0.39 is 11.7 Å². The van der Waals surface area contributed by atoms with Crippen LogP contribution in [0.2, 0.25) is 0 Å². The number of alkyl halides is 3. The van der Waals surface area contributed by atoms with E-state index in [1.165, 1.54) is 12.1 Å². The molecular formula is C13H16F3NS2. The Labute approximate surface area is 119 Å². The summed E-state index contributed by atoms with van der Waals surface area (Å²) in [6.45, 7) is 0. The van der Waals surface area contributed by atoms with Crippen LogP contribution < -0.4 is 5.73 Å². The van der Waals surface area contributed by atoms with E-state index >= 15 is 0 Å². The van der Waals surface area contributed by atoms with Crippen LogP contribution in [-0.4, -0.2) is 28.6 Å². The van der Waals surface area contributed by atoms with Crippen molar-refractivity contribution >= 4 is 23.5 Å². The van der Waals surface area contributed by atoms with E-state index in [-0.39, 0.29) is 6.04 Å². The molecule has 0 aliphatic carbocycles. The fourth-order valence-corrected chi connectivity index (χ4v) is 4.81. The van der Waals surface area contributed by atoms with E-state index in [4.69, 9.17) is 5.73 Å². The molecule has 2 unspecified atom stereocenters. The molecular weight excluding hydrogens is 291 g/mol. The molecule has 0 saturated carbocycles. The van der Waals surface area contributed by atoms with Gasteiger partial charge in [-0.1, -0.05) is 12.1 Å². The maximum absolute atomic E-state index is 12.4. The Morgan fingerprint density at radius 1 is 1.21 bits per heavy atom. The van der Waals surface area contributed by atoms with Crippen LogP contribution in [0.15, 0.2) is 24.3 Å². The Bertz CT molecular complexity index is 399. The van der Waals surface area contributed by atoms with Crippen LogP contribution in [0.3, 0.4) is 0 Å². The zero-order chi connectivity index (χ0) is 13.9. The first kappa shape index (κ1) is 15.1. The van der Waals surface area contributed by atoms with E-state index in [1.54, 1.807) is 0 Å². The Balaban J connectivity index is 1.95. The van der Waals surface area contributed by atoms with Crippen molar-refractivity contribution in [3.63, 3.8) is 0 Å². The van der Waals surface area contributed by atoms with E-state index in [2.05, 4.69) is 0 Å². The van der Waals surface area contributed by atoms with Crippen molar-refractivity contribution in [2.45, 2.75) is 23.9 Å². The zero-order valence-electron chi connectivity index (χ0n) is 10.3. The van der Waals surface area contributed by atoms with Crippen molar-refractivity contribution in [1.29, 1.82) is 0 Å². The molecule has 1 heterocycles. The van der Waals surface area contributed by atoms with Gasteiger partial charge in [0.15, 0.2) is 0 Å². The Hall–Kier alpha value is -0.330. The quantitative estimate of drug-likeness (QED) is 0.926. The lowest BCUT2D eigenvalue weighted by molar-refractivity contribution is -0.137. The van der Waals surface area contributed by atoms with Crippen molar-refractivity contribution in [3.05, 3.63) is 35.4 Å². The fraction of sp³-hybridized carbons (Fsp3) is 0.538. The van der Waals surface area contributed by atoms with Crippen LogP contribution in [0.25, 0.3) is 0 Å². The van der Waals surface area contributed by atoms with Crippen LogP contribution in [0, 0.1) is 0 Å². The van der Waals surface area contributed by atoms with Gasteiger partial charge in [0.1, 0.15) is 0 Å². The molecule has 0 bridgehead atoms. The van der Waals surface area contributed by atoms with Gasteiger partial charge in [-0.05, 0) is 24.1 Å². The number of benzene rings is 1. The molecule has 1 saturated heterocycles. The monoisotopic (exact) mass is 307 g/mol. The summed E-state index contributed by atoms with van der Waals surface area (Å²) in [5, 5.41) is 0.404. The SMILES string of the molecule is NC(Cc1ccc(C(F)(F)F)cc1)C1CSCCS1. The number of rotatable bonds is 3. The van der Waals surface area contributed by atoms with Crippen LogP contribution >= 0.6 is 23.5 Å². The Morgan fingerprint density at radius 3 is 2.42 bits per heavy atom. The highest BCUT2D eigenvalue weighted by atomic mass is 32.2. The molecule has 1 fully saturated rings. The smallest absolute Gasteiger partial charge is 0.326 e. The highest BCUT2D eigenvalue weighted by molar-refractivity contribution is 8.06. The predicted octanol–water partition coefficient (Wildman–Crippen LogP) is 3.42. The van der Waals surface area contributed by atoms with Gasteiger partial charge in [0.2, 0.25) is 0 Å². The van der Waals surface area contributed by atoms with Gasteiger partial charge >= 0.3 is 6.18 Å². The molecule has 106 valence electrons. The first-order chi connectivity index (χ1) is 8.97. The van der Waals surface area contributed by atoms with Gasteiger partial charge in [-0.15, -0.1) is 0 Å². The second kappa shape index (κ2) is 6.41. The number of thioether (sulfide) groups is 2. The molecule has 1 aromatic rings.